The van der Waals surface area contributed by atoms with E-state index < -0.39 is 0 Å². The lowest BCUT2D eigenvalue weighted by atomic mass is 9.94. The fourth-order valence-corrected chi connectivity index (χ4v) is 2.43. The average molecular weight is 218 g/mol. The van der Waals surface area contributed by atoms with E-state index in [9.17, 15) is 4.79 Å². The summed E-state index contributed by atoms with van der Waals surface area (Å²) in [6.45, 7) is 4.18. The molecule has 2 atom stereocenters. The van der Waals surface area contributed by atoms with Gasteiger partial charge < -0.3 is 10.6 Å². The fraction of sp³-hybridized carbons (Fsp3) is 0.462. The van der Waals surface area contributed by atoms with Crippen LogP contribution < -0.4 is 5.73 Å². The number of hydrogen-bond donors (Lipinski definition) is 1. The van der Waals surface area contributed by atoms with Gasteiger partial charge in [0.15, 0.2) is 0 Å². The van der Waals surface area contributed by atoms with Crippen molar-refractivity contribution < 1.29 is 4.79 Å². The van der Waals surface area contributed by atoms with E-state index in [0.717, 1.165) is 0 Å². The van der Waals surface area contributed by atoms with E-state index in [1.54, 1.807) is 4.90 Å². The molecule has 3 heteroatoms. The molecule has 0 bridgehead atoms. The van der Waals surface area contributed by atoms with Gasteiger partial charge in [-0.3, -0.25) is 4.79 Å². The quantitative estimate of drug-likeness (QED) is 0.777. The zero-order chi connectivity index (χ0) is 11.9. The minimum Gasteiger partial charge on any atom is -0.337 e. The second-order valence-electron chi connectivity index (χ2n) is 4.61. The van der Waals surface area contributed by atoms with Crippen molar-refractivity contribution in [2.24, 2.45) is 5.73 Å². The highest BCUT2D eigenvalue weighted by Gasteiger charge is 2.36. The van der Waals surface area contributed by atoms with Crippen LogP contribution in [0.3, 0.4) is 0 Å². The molecule has 1 aromatic rings. The molecular formula is C13H18N2O. The highest BCUT2D eigenvalue weighted by Crippen LogP contribution is 2.33. The number of carbonyl (C=O) groups is 1. The van der Waals surface area contributed by atoms with E-state index in [-0.39, 0.29) is 18.0 Å². The zero-order valence-corrected chi connectivity index (χ0v) is 10.0. The maximum atomic E-state index is 11.6. The van der Waals surface area contributed by atoms with Crippen LogP contribution in [0.25, 0.3) is 0 Å². The molecule has 1 heterocycles. The Morgan fingerprint density at radius 1 is 1.38 bits per heavy atom. The van der Waals surface area contributed by atoms with Gasteiger partial charge in [-0.15, -0.1) is 0 Å². The largest absolute Gasteiger partial charge is 0.337 e. The maximum Gasteiger partial charge on any atom is 0.224 e. The molecule has 0 radical (unpaired) electrons. The normalized spacial score (nSPS) is 25.2. The van der Waals surface area contributed by atoms with Crippen LogP contribution in [0.2, 0.25) is 0 Å². The number of aryl methyl sites for hydroxylation is 1. The summed E-state index contributed by atoms with van der Waals surface area (Å²) in [6, 6.07) is 6.13. The Morgan fingerprint density at radius 2 is 2.06 bits per heavy atom. The monoisotopic (exact) mass is 218 g/mol. The van der Waals surface area contributed by atoms with Gasteiger partial charge in [0.1, 0.15) is 0 Å². The van der Waals surface area contributed by atoms with Gasteiger partial charge in [-0.1, -0.05) is 18.2 Å². The molecule has 1 aliphatic heterocycles. The third kappa shape index (κ3) is 1.61. The van der Waals surface area contributed by atoms with Crippen molar-refractivity contribution in [1.29, 1.82) is 0 Å². The third-order valence-electron chi connectivity index (χ3n) is 3.59. The molecule has 1 saturated heterocycles. The Hall–Kier alpha value is -1.35. The second-order valence-corrected chi connectivity index (χ2v) is 4.61. The first-order chi connectivity index (χ1) is 7.52. The van der Waals surface area contributed by atoms with Crippen LogP contribution in [-0.4, -0.2) is 23.9 Å². The van der Waals surface area contributed by atoms with Crippen molar-refractivity contribution in [2.75, 3.05) is 7.05 Å². The van der Waals surface area contributed by atoms with E-state index in [2.05, 4.69) is 26.0 Å². The van der Waals surface area contributed by atoms with Crippen LogP contribution in [0.1, 0.15) is 29.2 Å². The number of nitrogens with two attached hydrogens (primary N) is 1. The molecule has 0 aromatic heterocycles. The summed E-state index contributed by atoms with van der Waals surface area (Å²) in [5.74, 6) is 0.137. The molecule has 0 saturated carbocycles. The van der Waals surface area contributed by atoms with Crippen LogP contribution in [0.4, 0.5) is 0 Å². The minimum atomic E-state index is -0.0852. The molecule has 1 amide bonds. The number of nitrogens with zero attached hydrogens (tertiary/aromatic N) is 1. The molecule has 1 aromatic carbocycles. The number of likely N-dealkylation sites (N-methyl/N-ethyl adjacent to an activating group) is 1. The first kappa shape index (κ1) is 11.1. The van der Waals surface area contributed by atoms with E-state index in [1.165, 1.54) is 16.7 Å². The average Bonchev–Trinajstić information content (AvgIpc) is 2.47. The van der Waals surface area contributed by atoms with Gasteiger partial charge in [-0.2, -0.15) is 0 Å². The first-order valence-electron chi connectivity index (χ1n) is 5.59. The van der Waals surface area contributed by atoms with Gasteiger partial charge >= 0.3 is 0 Å². The maximum absolute atomic E-state index is 11.6. The van der Waals surface area contributed by atoms with Gasteiger partial charge in [-0.25, -0.2) is 0 Å². The smallest absolute Gasteiger partial charge is 0.224 e. The summed E-state index contributed by atoms with van der Waals surface area (Å²) in [4.78, 5) is 13.4. The molecule has 1 fully saturated rings. The topological polar surface area (TPSA) is 46.3 Å². The number of carbonyl (C=O) groups excluding carboxylic acids is 1. The highest BCUT2D eigenvalue weighted by atomic mass is 16.2. The molecule has 2 rings (SSSR count). The Labute approximate surface area is 96.2 Å². The molecule has 0 spiro atoms. The van der Waals surface area contributed by atoms with Crippen LogP contribution in [0.5, 0.6) is 0 Å². The molecule has 2 N–H and O–H groups in total. The van der Waals surface area contributed by atoms with Gasteiger partial charge in [0.25, 0.3) is 0 Å². The standard InChI is InChI=1S/C13H18N2O/c1-8-5-4-6-10(9(8)2)13-11(14)7-12(16)15(13)3/h4-6,11,13H,7,14H2,1-3H3. The third-order valence-corrected chi connectivity index (χ3v) is 3.59. The summed E-state index contributed by atoms with van der Waals surface area (Å²) in [7, 11) is 1.83. The summed E-state index contributed by atoms with van der Waals surface area (Å²) >= 11 is 0. The number of hydrogen-bond acceptors (Lipinski definition) is 2. The summed E-state index contributed by atoms with van der Waals surface area (Å²) in [5, 5.41) is 0. The van der Waals surface area contributed by atoms with Crippen molar-refractivity contribution >= 4 is 5.91 Å². The second kappa shape index (κ2) is 3.91. The van der Waals surface area contributed by atoms with E-state index in [4.69, 9.17) is 5.73 Å². The molecule has 86 valence electrons. The Bertz CT molecular complexity index is 428. The summed E-state index contributed by atoms with van der Waals surface area (Å²) in [6.07, 6.45) is 0.453. The lowest BCUT2D eigenvalue weighted by Gasteiger charge is -2.25. The van der Waals surface area contributed by atoms with Crippen molar-refractivity contribution in [1.82, 2.24) is 4.90 Å². The predicted octanol–water partition coefficient (Wildman–Crippen LogP) is 1.53. The Kier molecular flexibility index (Phi) is 2.72. The molecule has 16 heavy (non-hydrogen) atoms. The summed E-state index contributed by atoms with van der Waals surface area (Å²) < 4.78 is 0. The van der Waals surface area contributed by atoms with Gasteiger partial charge in [0.2, 0.25) is 5.91 Å². The SMILES string of the molecule is Cc1cccc(C2C(N)CC(=O)N2C)c1C. The Morgan fingerprint density at radius 3 is 2.62 bits per heavy atom. The minimum absolute atomic E-state index is 0.0346. The molecule has 3 nitrogen and oxygen atoms in total. The number of amides is 1. The van der Waals surface area contributed by atoms with Crippen molar-refractivity contribution in [3.8, 4) is 0 Å². The molecular weight excluding hydrogens is 200 g/mol. The molecule has 1 aliphatic rings. The van der Waals surface area contributed by atoms with E-state index in [1.807, 2.05) is 13.1 Å². The lowest BCUT2D eigenvalue weighted by molar-refractivity contribution is -0.127. The fourth-order valence-electron chi connectivity index (χ4n) is 2.43. The lowest BCUT2D eigenvalue weighted by Crippen LogP contribution is -2.30. The van der Waals surface area contributed by atoms with E-state index >= 15 is 0 Å². The highest BCUT2D eigenvalue weighted by molar-refractivity contribution is 5.80. The summed E-state index contributed by atoms with van der Waals surface area (Å²) in [5.41, 5.74) is 9.72. The number of benzene rings is 1. The van der Waals surface area contributed by atoms with Crippen LogP contribution >= 0.6 is 0 Å². The molecule has 0 aliphatic carbocycles. The van der Waals surface area contributed by atoms with Crippen LogP contribution in [0, 0.1) is 13.8 Å². The van der Waals surface area contributed by atoms with Crippen molar-refractivity contribution in [3.05, 3.63) is 34.9 Å². The molecule has 2 unspecified atom stereocenters. The van der Waals surface area contributed by atoms with Gasteiger partial charge in [-0.05, 0) is 30.5 Å². The zero-order valence-electron chi connectivity index (χ0n) is 10.0. The van der Waals surface area contributed by atoms with Gasteiger partial charge in [0.05, 0.1) is 6.04 Å². The van der Waals surface area contributed by atoms with Crippen molar-refractivity contribution in [2.45, 2.75) is 32.4 Å². The Balaban J connectivity index is 2.44. The van der Waals surface area contributed by atoms with Crippen LogP contribution in [-0.2, 0) is 4.79 Å². The van der Waals surface area contributed by atoms with Gasteiger partial charge in [0, 0.05) is 19.5 Å². The first-order valence-corrected chi connectivity index (χ1v) is 5.59. The van der Waals surface area contributed by atoms with Crippen molar-refractivity contribution in [3.63, 3.8) is 0 Å². The van der Waals surface area contributed by atoms with Crippen LogP contribution in [0.15, 0.2) is 18.2 Å². The van der Waals surface area contributed by atoms with E-state index in [0.29, 0.717) is 6.42 Å². The number of rotatable bonds is 1. The predicted molar refractivity (Wildman–Crippen MR) is 64.0 cm³/mol. The number of likely N-dealkylation sites (tertiary alicyclic amines) is 1.